The third-order valence-corrected chi connectivity index (χ3v) is 1.20. The summed E-state index contributed by atoms with van der Waals surface area (Å²) in [6, 6.07) is 9.13. The van der Waals surface area contributed by atoms with Gasteiger partial charge in [0.25, 0.3) is 0 Å². The van der Waals surface area contributed by atoms with Crippen molar-refractivity contribution in [3.63, 3.8) is 0 Å². The lowest BCUT2D eigenvalue weighted by atomic mass is 10.2. The van der Waals surface area contributed by atoms with E-state index in [1.165, 1.54) is 0 Å². The zero-order chi connectivity index (χ0) is 10.1. The molecule has 4 nitrogen and oxygen atoms in total. The summed E-state index contributed by atoms with van der Waals surface area (Å²) in [4.78, 5) is 10.2. The Balaban J connectivity index is 0.000000424. The molecular formula is C9H14N2O2. The lowest BCUT2D eigenvalue weighted by Gasteiger charge is -1.92. The number of carboxylic acid groups (broad SMARTS) is 1. The van der Waals surface area contributed by atoms with E-state index in [9.17, 15) is 4.79 Å². The largest absolute Gasteiger partial charge is 0.481 e. The molecule has 0 heterocycles. The summed E-state index contributed by atoms with van der Waals surface area (Å²) in [5, 5.41) is 8.37. The molecule has 72 valence electrons. The number of hydrazine groups is 1. The van der Waals surface area contributed by atoms with Crippen molar-refractivity contribution in [1.82, 2.24) is 5.43 Å². The van der Waals surface area contributed by atoms with Crippen molar-refractivity contribution in [2.24, 2.45) is 5.84 Å². The monoisotopic (exact) mass is 182 g/mol. The quantitative estimate of drug-likeness (QED) is 0.457. The van der Waals surface area contributed by atoms with Crippen LogP contribution in [0.5, 0.6) is 0 Å². The van der Waals surface area contributed by atoms with Crippen LogP contribution in [0.4, 0.5) is 0 Å². The molecule has 1 aromatic rings. The molecule has 4 N–H and O–H groups in total. The summed E-state index contributed by atoms with van der Waals surface area (Å²) < 4.78 is 0. The Labute approximate surface area is 77.3 Å². The summed E-state index contributed by atoms with van der Waals surface area (Å²) in [5.74, 6) is 3.81. The SMILES string of the molecule is CNN.O=C(O)Cc1ccccc1. The zero-order valence-electron chi connectivity index (χ0n) is 7.53. The summed E-state index contributed by atoms with van der Waals surface area (Å²) >= 11 is 0. The highest BCUT2D eigenvalue weighted by Crippen LogP contribution is 1.98. The van der Waals surface area contributed by atoms with Crippen LogP contribution >= 0.6 is 0 Å². The number of nitrogens with one attached hydrogen (secondary N) is 1. The lowest BCUT2D eigenvalue weighted by molar-refractivity contribution is -0.136. The summed E-state index contributed by atoms with van der Waals surface area (Å²) in [5.41, 5.74) is 3.09. The first kappa shape index (κ1) is 11.6. The van der Waals surface area contributed by atoms with Crippen LogP contribution in [-0.2, 0) is 11.2 Å². The molecule has 4 heteroatoms. The molecule has 0 bridgehead atoms. The van der Waals surface area contributed by atoms with Crippen molar-refractivity contribution in [3.05, 3.63) is 35.9 Å². The predicted molar refractivity (Wildman–Crippen MR) is 51.0 cm³/mol. The number of rotatable bonds is 2. The van der Waals surface area contributed by atoms with E-state index in [-0.39, 0.29) is 6.42 Å². The van der Waals surface area contributed by atoms with Crippen LogP contribution < -0.4 is 11.3 Å². The van der Waals surface area contributed by atoms with Gasteiger partial charge in [0, 0.05) is 0 Å². The molecule has 0 atom stereocenters. The van der Waals surface area contributed by atoms with E-state index in [1.807, 2.05) is 18.2 Å². The second kappa shape index (κ2) is 7.27. The molecule has 0 spiro atoms. The van der Waals surface area contributed by atoms with E-state index in [1.54, 1.807) is 19.2 Å². The molecule has 0 aromatic heterocycles. The van der Waals surface area contributed by atoms with Gasteiger partial charge in [0.2, 0.25) is 0 Å². The fourth-order valence-corrected chi connectivity index (χ4v) is 0.770. The van der Waals surface area contributed by atoms with Crippen molar-refractivity contribution in [2.75, 3.05) is 7.05 Å². The molecule has 0 radical (unpaired) electrons. The Kier molecular flexibility index (Phi) is 6.49. The van der Waals surface area contributed by atoms with Gasteiger partial charge in [-0.25, -0.2) is 0 Å². The van der Waals surface area contributed by atoms with Crippen LogP contribution in [0, 0.1) is 0 Å². The van der Waals surface area contributed by atoms with E-state index in [4.69, 9.17) is 5.11 Å². The van der Waals surface area contributed by atoms with Gasteiger partial charge >= 0.3 is 5.97 Å². The highest BCUT2D eigenvalue weighted by atomic mass is 16.4. The van der Waals surface area contributed by atoms with Crippen molar-refractivity contribution in [2.45, 2.75) is 6.42 Å². The number of hydrogen-bond donors (Lipinski definition) is 3. The number of benzene rings is 1. The Bertz CT molecular complexity index is 237. The standard InChI is InChI=1S/C8H8O2.CH6N2/c9-8(10)6-7-4-2-1-3-5-7;1-3-2/h1-5H,6H2,(H,9,10);3H,2H2,1H3. The van der Waals surface area contributed by atoms with Crippen LogP contribution in [0.3, 0.4) is 0 Å². The van der Waals surface area contributed by atoms with E-state index >= 15 is 0 Å². The van der Waals surface area contributed by atoms with Gasteiger partial charge in [0.1, 0.15) is 0 Å². The Hall–Kier alpha value is -1.39. The fourth-order valence-electron chi connectivity index (χ4n) is 0.770. The van der Waals surface area contributed by atoms with Gasteiger partial charge in [-0.05, 0) is 12.6 Å². The molecule has 0 fully saturated rings. The highest BCUT2D eigenvalue weighted by molar-refractivity contribution is 5.70. The number of nitrogens with two attached hydrogens (primary N) is 1. The first-order valence-corrected chi connectivity index (χ1v) is 3.83. The zero-order valence-corrected chi connectivity index (χ0v) is 7.53. The van der Waals surface area contributed by atoms with Gasteiger partial charge < -0.3 is 5.11 Å². The minimum atomic E-state index is -0.786. The maximum Gasteiger partial charge on any atom is 0.307 e. The Morgan fingerprint density at radius 3 is 2.31 bits per heavy atom. The van der Waals surface area contributed by atoms with Gasteiger partial charge in [0.15, 0.2) is 0 Å². The molecule has 1 aromatic carbocycles. The minimum absolute atomic E-state index is 0.112. The minimum Gasteiger partial charge on any atom is -0.481 e. The van der Waals surface area contributed by atoms with Crippen LogP contribution in [-0.4, -0.2) is 18.1 Å². The Morgan fingerprint density at radius 2 is 1.92 bits per heavy atom. The molecule has 1 rings (SSSR count). The Morgan fingerprint density at radius 1 is 1.46 bits per heavy atom. The third-order valence-electron chi connectivity index (χ3n) is 1.20. The molecular weight excluding hydrogens is 168 g/mol. The molecule has 0 saturated heterocycles. The van der Waals surface area contributed by atoms with Crippen molar-refractivity contribution < 1.29 is 9.90 Å². The fraction of sp³-hybridized carbons (Fsp3) is 0.222. The molecule has 0 unspecified atom stereocenters. The van der Waals surface area contributed by atoms with Gasteiger partial charge in [-0.2, -0.15) is 0 Å². The molecule has 0 aliphatic heterocycles. The molecule has 0 saturated carbocycles. The first-order valence-electron chi connectivity index (χ1n) is 3.83. The van der Waals surface area contributed by atoms with Gasteiger partial charge in [-0.15, -0.1) is 0 Å². The van der Waals surface area contributed by atoms with Crippen LogP contribution in [0.1, 0.15) is 5.56 Å². The van der Waals surface area contributed by atoms with Gasteiger partial charge in [-0.3, -0.25) is 16.1 Å². The second-order valence-corrected chi connectivity index (χ2v) is 2.34. The van der Waals surface area contributed by atoms with Crippen molar-refractivity contribution >= 4 is 5.97 Å². The smallest absolute Gasteiger partial charge is 0.307 e. The van der Waals surface area contributed by atoms with E-state index < -0.39 is 5.97 Å². The van der Waals surface area contributed by atoms with E-state index in [0.29, 0.717) is 0 Å². The number of carbonyl (C=O) groups is 1. The molecule has 0 aliphatic rings. The van der Waals surface area contributed by atoms with Crippen LogP contribution in [0.25, 0.3) is 0 Å². The topological polar surface area (TPSA) is 75.3 Å². The maximum absolute atomic E-state index is 10.2. The number of carboxylic acids is 1. The van der Waals surface area contributed by atoms with Gasteiger partial charge in [0.05, 0.1) is 6.42 Å². The highest BCUT2D eigenvalue weighted by Gasteiger charge is 1.96. The van der Waals surface area contributed by atoms with Crippen molar-refractivity contribution in [1.29, 1.82) is 0 Å². The average molecular weight is 182 g/mol. The third kappa shape index (κ3) is 6.99. The van der Waals surface area contributed by atoms with E-state index in [0.717, 1.165) is 5.56 Å². The first-order chi connectivity index (χ1) is 6.20. The molecule has 0 aliphatic carbocycles. The normalized spacial score (nSPS) is 8.46. The number of hydrogen-bond acceptors (Lipinski definition) is 3. The predicted octanol–water partition coefficient (Wildman–Crippen LogP) is 0.393. The maximum atomic E-state index is 10.2. The molecule has 0 amide bonds. The summed E-state index contributed by atoms with van der Waals surface area (Å²) in [6.45, 7) is 0. The lowest BCUT2D eigenvalue weighted by Crippen LogP contribution is -2.13. The van der Waals surface area contributed by atoms with E-state index in [2.05, 4.69) is 11.3 Å². The second-order valence-electron chi connectivity index (χ2n) is 2.34. The average Bonchev–Trinajstić information content (AvgIpc) is 2.06. The summed E-state index contributed by atoms with van der Waals surface area (Å²) in [6.07, 6.45) is 0.112. The van der Waals surface area contributed by atoms with Gasteiger partial charge in [-0.1, -0.05) is 30.3 Å². The van der Waals surface area contributed by atoms with Crippen LogP contribution in [0.15, 0.2) is 30.3 Å². The summed E-state index contributed by atoms with van der Waals surface area (Å²) in [7, 11) is 1.65. The molecule has 13 heavy (non-hydrogen) atoms. The van der Waals surface area contributed by atoms with Crippen molar-refractivity contribution in [3.8, 4) is 0 Å². The van der Waals surface area contributed by atoms with Crippen LogP contribution in [0.2, 0.25) is 0 Å². The number of aliphatic carboxylic acids is 1.